The normalized spacial score (nSPS) is 14.0. The van der Waals surface area contributed by atoms with Crippen LogP contribution >= 0.6 is 0 Å². The van der Waals surface area contributed by atoms with Gasteiger partial charge in [0.1, 0.15) is 0 Å². The lowest BCUT2D eigenvalue weighted by Gasteiger charge is -2.12. The van der Waals surface area contributed by atoms with Gasteiger partial charge in [-0.2, -0.15) is 0 Å². The Morgan fingerprint density at radius 1 is 1.09 bits per heavy atom. The molecule has 0 radical (unpaired) electrons. The number of carbonyl (C=O) groups is 1. The third-order valence-corrected chi connectivity index (χ3v) is 4.99. The number of hydrogen-bond acceptors (Lipinski definition) is 3. The minimum absolute atomic E-state index is 0.0828. The molecule has 0 unspecified atom stereocenters. The number of likely N-dealkylation sites (N-methyl/N-ethyl adjacent to an activating group) is 1. The van der Waals surface area contributed by atoms with Gasteiger partial charge in [-0.1, -0.05) is 0 Å². The maximum absolute atomic E-state index is 13.2. The molecule has 1 aliphatic heterocycles. The average Bonchev–Trinajstić information content (AvgIpc) is 2.76. The Balaban J connectivity index is 1.91. The first-order valence-electron chi connectivity index (χ1n) is 6.65. The van der Waals surface area contributed by atoms with Crippen molar-refractivity contribution < 1.29 is 22.0 Å². The summed E-state index contributed by atoms with van der Waals surface area (Å²) >= 11 is 0. The first-order chi connectivity index (χ1) is 10.8. The summed E-state index contributed by atoms with van der Waals surface area (Å²) in [4.78, 5) is 12.7. The van der Waals surface area contributed by atoms with E-state index < -0.39 is 21.7 Å². The number of hydrogen-bond donors (Lipinski definition) is 1. The van der Waals surface area contributed by atoms with Gasteiger partial charge < -0.3 is 4.90 Å². The molecule has 3 rings (SSSR count). The largest absolute Gasteiger partial charge is 0.315 e. The highest BCUT2D eigenvalue weighted by atomic mass is 32.2. The smallest absolute Gasteiger partial charge is 0.261 e. The molecule has 1 N–H and O–H groups in total. The maximum Gasteiger partial charge on any atom is 0.261 e. The molecule has 2 aromatic rings. The molecule has 0 bridgehead atoms. The predicted octanol–water partition coefficient (Wildman–Crippen LogP) is 2.28. The number of carbonyl (C=O) groups excluding carboxylic acids is 1. The zero-order valence-electron chi connectivity index (χ0n) is 12.0. The van der Waals surface area contributed by atoms with Crippen molar-refractivity contribution in [2.24, 2.45) is 0 Å². The van der Waals surface area contributed by atoms with E-state index in [2.05, 4.69) is 4.72 Å². The number of fused-ring (bicyclic) bond motifs is 1. The van der Waals surface area contributed by atoms with Crippen LogP contribution in [0.4, 0.5) is 20.2 Å². The van der Waals surface area contributed by atoms with Gasteiger partial charge >= 0.3 is 0 Å². The van der Waals surface area contributed by atoms with Crippen LogP contribution in [0, 0.1) is 11.6 Å². The Bertz CT molecular complexity index is 913. The van der Waals surface area contributed by atoms with E-state index in [4.69, 9.17) is 0 Å². The highest BCUT2D eigenvalue weighted by Crippen LogP contribution is 2.30. The lowest BCUT2D eigenvalue weighted by molar-refractivity contribution is -0.117. The molecule has 0 saturated heterocycles. The van der Waals surface area contributed by atoms with Crippen LogP contribution in [0.15, 0.2) is 41.3 Å². The third-order valence-electron chi connectivity index (χ3n) is 3.61. The Kier molecular flexibility index (Phi) is 3.56. The first-order valence-corrected chi connectivity index (χ1v) is 8.13. The molecule has 1 heterocycles. The van der Waals surface area contributed by atoms with Gasteiger partial charge in [-0.15, -0.1) is 0 Å². The quantitative estimate of drug-likeness (QED) is 0.934. The van der Waals surface area contributed by atoms with Crippen LogP contribution < -0.4 is 9.62 Å². The summed E-state index contributed by atoms with van der Waals surface area (Å²) in [5, 5.41) is 0. The molecule has 8 heteroatoms. The zero-order chi connectivity index (χ0) is 16.8. The number of halogens is 2. The van der Waals surface area contributed by atoms with Crippen molar-refractivity contribution >= 4 is 27.3 Å². The molecule has 0 aromatic heterocycles. The second kappa shape index (κ2) is 5.31. The molecule has 0 fully saturated rings. The van der Waals surface area contributed by atoms with E-state index in [1.165, 1.54) is 11.0 Å². The van der Waals surface area contributed by atoms with Crippen LogP contribution in [0.1, 0.15) is 5.56 Å². The second-order valence-electron chi connectivity index (χ2n) is 5.15. The molecule has 0 aliphatic carbocycles. The van der Waals surface area contributed by atoms with E-state index in [-0.39, 0.29) is 22.9 Å². The van der Waals surface area contributed by atoms with Crippen molar-refractivity contribution in [2.45, 2.75) is 11.3 Å². The Morgan fingerprint density at radius 3 is 2.52 bits per heavy atom. The number of rotatable bonds is 3. The lowest BCUT2D eigenvalue weighted by Crippen LogP contribution is -2.20. The van der Waals surface area contributed by atoms with Gasteiger partial charge in [-0.25, -0.2) is 17.2 Å². The Morgan fingerprint density at radius 2 is 1.83 bits per heavy atom. The summed E-state index contributed by atoms with van der Waals surface area (Å²) < 4.78 is 52.8. The zero-order valence-corrected chi connectivity index (χ0v) is 12.8. The second-order valence-corrected chi connectivity index (χ2v) is 6.84. The molecule has 120 valence electrons. The van der Waals surface area contributed by atoms with Crippen molar-refractivity contribution in [1.82, 2.24) is 0 Å². The molecule has 1 amide bonds. The number of benzene rings is 2. The van der Waals surface area contributed by atoms with Crippen molar-refractivity contribution in [3.05, 3.63) is 53.6 Å². The number of sulfonamides is 1. The van der Waals surface area contributed by atoms with Crippen LogP contribution in [0.2, 0.25) is 0 Å². The van der Waals surface area contributed by atoms with Gasteiger partial charge in [0.25, 0.3) is 10.0 Å². The van der Waals surface area contributed by atoms with Crippen molar-refractivity contribution in [3.63, 3.8) is 0 Å². The highest BCUT2D eigenvalue weighted by Gasteiger charge is 2.25. The molecule has 0 spiro atoms. The summed E-state index contributed by atoms with van der Waals surface area (Å²) in [6, 6.07) is 7.02. The summed E-state index contributed by atoms with van der Waals surface area (Å²) in [6.45, 7) is 0. The molecular formula is C15H12F2N2O3S. The van der Waals surface area contributed by atoms with E-state index in [1.54, 1.807) is 19.2 Å². The van der Waals surface area contributed by atoms with Gasteiger partial charge in [0.2, 0.25) is 5.91 Å². The van der Waals surface area contributed by atoms with Crippen LogP contribution in [-0.4, -0.2) is 21.4 Å². The average molecular weight is 338 g/mol. The van der Waals surface area contributed by atoms with Gasteiger partial charge in [-0.05, 0) is 42.0 Å². The van der Waals surface area contributed by atoms with E-state index >= 15 is 0 Å². The van der Waals surface area contributed by atoms with Crippen molar-refractivity contribution in [3.8, 4) is 0 Å². The van der Waals surface area contributed by atoms with Crippen molar-refractivity contribution in [1.29, 1.82) is 0 Å². The van der Waals surface area contributed by atoms with E-state index in [1.807, 2.05) is 0 Å². The molecule has 2 aromatic carbocycles. The summed E-state index contributed by atoms with van der Waals surface area (Å²) in [7, 11) is -2.41. The van der Waals surface area contributed by atoms with Gasteiger partial charge in [0, 0.05) is 18.4 Å². The van der Waals surface area contributed by atoms with Gasteiger partial charge in [-0.3, -0.25) is 9.52 Å². The van der Waals surface area contributed by atoms with Crippen LogP contribution in [0.25, 0.3) is 0 Å². The number of nitrogens with one attached hydrogen (secondary N) is 1. The van der Waals surface area contributed by atoms with Crippen LogP contribution in [0.5, 0.6) is 0 Å². The van der Waals surface area contributed by atoms with E-state index in [9.17, 15) is 22.0 Å². The lowest BCUT2D eigenvalue weighted by atomic mass is 10.1. The monoisotopic (exact) mass is 338 g/mol. The van der Waals surface area contributed by atoms with E-state index in [0.717, 1.165) is 12.1 Å². The molecule has 5 nitrogen and oxygen atoms in total. The van der Waals surface area contributed by atoms with E-state index in [0.29, 0.717) is 17.3 Å². The Hall–Kier alpha value is -2.48. The fourth-order valence-corrected chi connectivity index (χ4v) is 3.45. The standard InChI is InChI=1S/C15H12F2N2O3S/c1-19-14-5-2-10(6-9(14)7-15(19)20)18-23(21,22)11-3-4-12(16)13(17)8-11/h2-6,8,18H,7H2,1H3. The molecule has 0 atom stereocenters. The van der Waals surface area contributed by atoms with Crippen LogP contribution in [-0.2, 0) is 21.2 Å². The number of amides is 1. The third kappa shape index (κ3) is 2.77. The van der Waals surface area contributed by atoms with Crippen molar-refractivity contribution in [2.75, 3.05) is 16.7 Å². The van der Waals surface area contributed by atoms with Crippen LogP contribution in [0.3, 0.4) is 0 Å². The molecular weight excluding hydrogens is 326 g/mol. The summed E-state index contributed by atoms with van der Waals surface area (Å²) in [5.74, 6) is -2.45. The Labute approximate surface area is 131 Å². The highest BCUT2D eigenvalue weighted by molar-refractivity contribution is 7.92. The topological polar surface area (TPSA) is 66.5 Å². The summed E-state index contributed by atoms with van der Waals surface area (Å²) in [5.41, 5.74) is 1.66. The van der Waals surface area contributed by atoms with Gasteiger partial charge in [0.05, 0.1) is 11.3 Å². The first kappa shape index (κ1) is 15.4. The minimum atomic E-state index is -4.05. The molecule has 23 heavy (non-hydrogen) atoms. The number of nitrogens with zero attached hydrogens (tertiary/aromatic N) is 1. The number of anilines is 2. The minimum Gasteiger partial charge on any atom is -0.315 e. The van der Waals surface area contributed by atoms with Gasteiger partial charge in [0.15, 0.2) is 11.6 Å². The fourth-order valence-electron chi connectivity index (χ4n) is 2.39. The summed E-state index contributed by atoms with van der Waals surface area (Å²) in [6.07, 6.45) is 0.187. The SMILES string of the molecule is CN1C(=O)Cc2cc(NS(=O)(=O)c3ccc(F)c(F)c3)ccc21. The predicted molar refractivity (Wildman–Crippen MR) is 80.7 cm³/mol. The fraction of sp³-hybridized carbons (Fsp3) is 0.133. The maximum atomic E-state index is 13.2. The molecule has 1 aliphatic rings. The molecule has 0 saturated carbocycles.